The first-order valence-corrected chi connectivity index (χ1v) is 13.6. The standard InChI is InChI=1S/C26H22Cl3N3O4S/c1-26(2,3)23(24(33)34)32(37(35,36)17-13-15(27)12-16(28)14-17)22-9-5-6-18-19(7-4-8-20(18)22)21-10-11-30-25(29)31-21/h4-14,23H,1-3H3,(H,33,34). The highest BCUT2D eigenvalue weighted by Gasteiger charge is 2.44. The summed E-state index contributed by atoms with van der Waals surface area (Å²) in [4.78, 5) is 20.6. The lowest BCUT2D eigenvalue weighted by Crippen LogP contribution is -2.52. The van der Waals surface area contributed by atoms with Crippen molar-refractivity contribution in [2.24, 2.45) is 5.41 Å². The molecule has 1 unspecified atom stereocenters. The van der Waals surface area contributed by atoms with Crippen molar-refractivity contribution >= 4 is 67.3 Å². The van der Waals surface area contributed by atoms with Crippen molar-refractivity contribution in [1.82, 2.24) is 9.97 Å². The van der Waals surface area contributed by atoms with E-state index in [2.05, 4.69) is 9.97 Å². The highest BCUT2D eigenvalue weighted by molar-refractivity contribution is 7.93. The van der Waals surface area contributed by atoms with Gasteiger partial charge in [-0.05, 0) is 52.7 Å². The Labute approximate surface area is 229 Å². The molecule has 37 heavy (non-hydrogen) atoms. The molecular weight excluding hydrogens is 557 g/mol. The third kappa shape index (κ3) is 5.38. The molecule has 3 aromatic carbocycles. The minimum absolute atomic E-state index is 0.0615. The van der Waals surface area contributed by atoms with Crippen molar-refractivity contribution in [2.75, 3.05) is 4.31 Å². The van der Waals surface area contributed by atoms with Crippen molar-refractivity contribution in [3.05, 3.63) is 82.2 Å². The van der Waals surface area contributed by atoms with Crippen LogP contribution in [0.3, 0.4) is 0 Å². The van der Waals surface area contributed by atoms with Crippen molar-refractivity contribution < 1.29 is 18.3 Å². The molecule has 0 aliphatic heterocycles. The van der Waals surface area contributed by atoms with E-state index in [1.165, 1.54) is 24.4 Å². The van der Waals surface area contributed by atoms with Crippen LogP contribution in [0, 0.1) is 5.41 Å². The molecule has 1 aromatic heterocycles. The molecule has 1 heterocycles. The summed E-state index contributed by atoms with van der Waals surface area (Å²) in [7, 11) is -4.47. The van der Waals surface area contributed by atoms with Gasteiger partial charge in [0.25, 0.3) is 10.0 Å². The number of nitrogens with zero attached hydrogens (tertiary/aromatic N) is 3. The lowest BCUT2D eigenvalue weighted by atomic mass is 9.86. The van der Waals surface area contributed by atoms with Gasteiger partial charge in [-0.3, -0.25) is 4.31 Å². The number of hydrogen-bond acceptors (Lipinski definition) is 5. The number of rotatable bonds is 6. The smallest absolute Gasteiger partial charge is 0.328 e. The van der Waals surface area contributed by atoms with Crippen LogP contribution in [0.5, 0.6) is 0 Å². The van der Waals surface area contributed by atoms with Gasteiger partial charge in [0.2, 0.25) is 5.28 Å². The number of aliphatic carboxylic acids is 1. The van der Waals surface area contributed by atoms with Crippen LogP contribution in [-0.4, -0.2) is 35.5 Å². The minimum Gasteiger partial charge on any atom is -0.480 e. The lowest BCUT2D eigenvalue weighted by molar-refractivity contribution is -0.140. The Bertz CT molecular complexity index is 1600. The summed E-state index contributed by atoms with van der Waals surface area (Å²) in [5.41, 5.74) is 0.387. The number of hydrogen-bond donors (Lipinski definition) is 1. The Balaban J connectivity index is 2.07. The Kier molecular flexibility index (Phi) is 7.41. The number of aromatic nitrogens is 2. The summed E-state index contributed by atoms with van der Waals surface area (Å²) in [5, 5.41) is 11.7. The monoisotopic (exact) mass is 577 g/mol. The molecule has 7 nitrogen and oxygen atoms in total. The molecule has 0 amide bonds. The summed E-state index contributed by atoms with van der Waals surface area (Å²) in [6.45, 7) is 5.00. The van der Waals surface area contributed by atoms with E-state index in [0.717, 1.165) is 4.31 Å². The first-order valence-electron chi connectivity index (χ1n) is 11.0. The Hall–Kier alpha value is -2.91. The van der Waals surface area contributed by atoms with Gasteiger partial charge in [0, 0.05) is 27.2 Å². The predicted octanol–water partition coefficient (Wildman–Crippen LogP) is 6.95. The summed E-state index contributed by atoms with van der Waals surface area (Å²) in [5.74, 6) is -1.31. The van der Waals surface area contributed by atoms with Crippen LogP contribution in [0.15, 0.2) is 71.8 Å². The summed E-state index contributed by atoms with van der Waals surface area (Å²) in [6, 6.07) is 14.4. The number of anilines is 1. The van der Waals surface area contributed by atoms with Gasteiger partial charge in [0.05, 0.1) is 16.3 Å². The second-order valence-electron chi connectivity index (χ2n) is 9.40. The number of halogens is 3. The average Bonchev–Trinajstić information content (AvgIpc) is 2.80. The van der Waals surface area contributed by atoms with E-state index >= 15 is 0 Å². The fraction of sp³-hybridized carbons (Fsp3) is 0.192. The summed E-state index contributed by atoms with van der Waals surface area (Å²) in [6.07, 6.45) is 1.52. The number of sulfonamides is 1. The SMILES string of the molecule is CC(C)(C)C(C(=O)O)N(c1cccc2c(-c3ccnc(Cl)n3)cccc12)S(=O)(=O)c1cc(Cl)cc(Cl)c1. The van der Waals surface area contributed by atoms with Crippen molar-refractivity contribution in [2.45, 2.75) is 31.7 Å². The number of fused-ring (bicyclic) bond motifs is 1. The van der Waals surface area contributed by atoms with Crippen molar-refractivity contribution in [3.8, 4) is 11.3 Å². The molecule has 0 saturated heterocycles. The molecule has 0 aliphatic carbocycles. The average molecular weight is 579 g/mol. The van der Waals surface area contributed by atoms with Crippen LogP contribution in [-0.2, 0) is 14.8 Å². The van der Waals surface area contributed by atoms with E-state index in [4.69, 9.17) is 34.8 Å². The second kappa shape index (κ2) is 10.1. The summed E-state index contributed by atoms with van der Waals surface area (Å²) < 4.78 is 29.3. The molecule has 4 rings (SSSR count). The molecule has 0 spiro atoms. The Morgan fingerprint density at radius 2 is 1.57 bits per heavy atom. The molecule has 1 N–H and O–H groups in total. The molecule has 1 atom stereocenters. The first kappa shape index (κ1) is 27.1. The molecule has 4 aromatic rings. The maximum Gasteiger partial charge on any atom is 0.328 e. The highest BCUT2D eigenvalue weighted by Crippen LogP contribution is 2.40. The van der Waals surface area contributed by atoms with E-state index < -0.39 is 27.4 Å². The molecule has 0 saturated carbocycles. The van der Waals surface area contributed by atoms with Crippen LogP contribution in [0.4, 0.5) is 5.69 Å². The number of carbonyl (C=O) groups is 1. The van der Waals surface area contributed by atoms with Gasteiger partial charge in [-0.15, -0.1) is 0 Å². The largest absolute Gasteiger partial charge is 0.480 e. The zero-order valence-electron chi connectivity index (χ0n) is 20.0. The fourth-order valence-electron chi connectivity index (χ4n) is 4.21. The number of carboxylic acid groups (broad SMARTS) is 1. The quantitative estimate of drug-likeness (QED) is 0.248. The van der Waals surface area contributed by atoms with E-state index in [9.17, 15) is 18.3 Å². The molecule has 0 aliphatic rings. The van der Waals surface area contributed by atoms with Gasteiger partial charge in [0.1, 0.15) is 6.04 Å². The molecule has 192 valence electrons. The predicted molar refractivity (Wildman–Crippen MR) is 147 cm³/mol. The molecular formula is C26H22Cl3N3O4S. The van der Waals surface area contributed by atoms with Gasteiger partial charge in [-0.1, -0.05) is 74.3 Å². The van der Waals surface area contributed by atoms with Crippen molar-refractivity contribution in [1.29, 1.82) is 0 Å². The van der Waals surface area contributed by atoms with E-state index in [1.54, 1.807) is 57.2 Å². The minimum atomic E-state index is -4.47. The third-order valence-electron chi connectivity index (χ3n) is 5.72. The third-order valence-corrected chi connectivity index (χ3v) is 8.10. The fourth-order valence-corrected chi connectivity index (χ4v) is 6.90. The zero-order chi connectivity index (χ0) is 27.1. The molecule has 0 bridgehead atoms. The van der Waals surface area contributed by atoms with Crippen LogP contribution in [0.1, 0.15) is 20.8 Å². The van der Waals surface area contributed by atoms with Crippen LogP contribution < -0.4 is 4.31 Å². The Morgan fingerprint density at radius 3 is 2.16 bits per heavy atom. The molecule has 0 fully saturated rings. The maximum absolute atomic E-state index is 14.2. The number of benzene rings is 3. The maximum atomic E-state index is 14.2. The van der Waals surface area contributed by atoms with Crippen LogP contribution >= 0.6 is 34.8 Å². The van der Waals surface area contributed by atoms with Gasteiger partial charge in [-0.2, -0.15) is 0 Å². The van der Waals surface area contributed by atoms with Gasteiger partial charge >= 0.3 is 5.97 Å². The van der Waals surface area contributed by atoms with E-state index in [1.807, 2.05) is 6.07 Å². The lowest BCUT2D eigenvalue weighted by Gasteiger charge is -2.38. The second-order valence-corrected chi connectivity index (χ2v) is 12.4. The molecule has 0 radical (unpaired) electrons. The zero-order valence-corrected chi connectivity index (χ0v) is 23.1. The highest BCUT2D eigenvalue weighted by atomic mass is 35.5. The summed E-state index contributed by atoms with van der Waals surface area (Å²) >= 11 is 18.3. The Morgan fingerprint density at radius 1 is 0.946 bits per heavy atom. The van der Waals surface area contributed by atoms with Crippen LogP contribution in [0.2, 0.25) is 15.3 Å². The van der Waals surface area contributed by atoms with Crippen LogP contribution in [0.25, 0.3) is 22.0 Å². The molecule has 11 heteroatoms. The van der Waals surface area contributed by atoms with Gasteiger partial charge < -0.3 is 5.11 Å². The van der Waals surface area contributed by atoms with E-state index in [0.29, 0.717) is 22.0 Å². The topological polar surface area (TPSA) is 100 Å². The van der Waals surface area contributed by atoms with Gasteiger partial charge in [0.15, 0.2) is 0 Å². The van der Waals surface area contributed by atoms with Gasteiger partial charge in [-0.25, -0.2) is 23.2 Å². The van der Waals surface area contributed by atoms with Crippen molar-refractivity contribution in [3.63, 3.8) is 0 Å². The van der Waals surface area contributed by atoms with E-state index in [-0.39, 0.29) is 25.9 Å². The number of carboxylic acids is 1. The normalized spacial score (nSPS) is 12.9. The first-order chi connectivity index (χ1) is 17.3.